The smallest absolute Gasteiger partial charge is 0.280 e. The first-order valence-electron chi connectivity index (χ1n) is 15.0. The molecule has 4 aliphatic heterocycles. The van der Waals surface area contributed by atoms with Gasteiger partial charge in [-0.1, -0.05) is 42.5 Å². The summed E-state index contributed by atoms with van der Waals surface area (Å²) in [7, 11) is 0. The molecule has 2 aromatic carbocycles. The topological polar surface area (TPSA) is 127 Å². The fraction of sp³-hybridized carbons (Fsp3) is 0.469. The number of aromatic amines is 1. The van der Waals surface area contributed by atoms with Gasteiger partial charge in [0.05, 0.1) is 5.92 Å². The van der Waals surface area contributed by atoms with Crippen LogP contribution < -0.4 is 10.6 Å². The summed E-state index contributed by atoms with van der Waals surface area (Å²) in [4.78, 5) is 47.8. The fourth-order valence-corrected chi connectivity index (χ4v) is 8.26. The summed E-state index contributed by atoms with van der Waals surface area (Å²) >= 11 is 0. The first-order chi connectivity index (χ1) is 20.3. The minimum absolute atomic E-state index is 0.157. The molecule has 5 aliphatic rings. The number of carbonyl (C=O) groups excluding carboxylic acids is 3. The van der Waals surface area contributed by atoms with Crippen molar-refractivity contribution in [2.24, 2.45) is 5.92 Å². The van der Waals surface area contributed by atoms with E-state index < -0.39 is 35.5 Å². The highest BCUT2D eigenvalue weighted by atomic mass is 16.7. The second-order valence-corrected chi connectivity index (χ2v) is 12.7. The van der Waals surface area contributed by atoms with Crippen molar-refractivity contribution in [3.8, 4) is 0 Å². The number of nitrogens with zero attached hydrogens (tertiary/aromatic N) is 2. The van der Waals surface area contributed by atoms with Crippen molar-refractivity contribution >= 4 is 28.6 Å². The Hall–Kier alpha value is -3.73. The number of piperazine rings is 1. The number of benzene rings is 2. The zero-order valence-corrected chi connectivity index (χ0v) is 23.5. The highest BCUT2D eigenvalue weighted by Crippen LogP contribution is 2.46. The summed E-state index contributed by atoms with van der Waals surface area (Å²) in [6.45, 7) is 2.48. The Labute approximate surface area is 243 Å². The van der Waals surface area contributed by atoms with E-state index in [1.807, 2.05) is 36.4 Å². The van der Waals surface area contributed by atoms with Gasteiger partial charge in [0.25, 0.3) is 11.8 Å². The lowest BCUT2D eigenvalue weighted by Crippen LogP contribution is -2.71. The van der Waals surface area contributed by atoms with Crippen LogP contribution in [-0.4, -0.2) is 80.5 Å². The van der Waals surface area contributed by atoms with Crippen LogP contribution in [0.1, 0.15) is 48.8 Å². The molecule has 4 N–H and O–H groups in total. The Balaban J connectivity index is 1.06. The number of ether oxygens (including phenoxy) is 1. The maximum Gasteiger partial charge on any atom is 0.280 e. The first-order valence-corrected chi connectivity index (χ1v) is 15.0. The molecule has 0 spiro atoms. The average molecular weight is 570 g/mol. The third-order valence-corrected chi connectivity index (χ3v) is 10.2. The molecule has 0 radical (unpaired) electrons. The SMILES string of the molecule is C[C@@]1(NC(=O)[C@H]2CN[C@@H]3Cc4c[nH]c5cccc(c45)[C@H]3C2)O[C@@]2(O)[C@@H]3CCCN3C(=O)[C@H](Cc3ccccc3)N2C1=O. The molecule has 3 aromatic rings. The number of hydrogen-bond donors (Lipinski definition) is 4. The number of H-pyrrole nitrogens is 1. The van der Waals surface area contributed by atoms with Crippen LogP contribution in [0.2, 0.25) is 0 Å². The predicted molar refractivity (Wildman–Crippen MR) is 153 cm³/mol. The maximum atomic E-state index is 14.1. The number of piperidine rings is 1. The van der Waals surface area contributed by atoms with Gasteiger partial charge >= 0.3 is 0 Å². The molecule has 3 amide bonds. The Bertz CT molecular complexity index is 1610. The molecule has 42 heavy (non-hydrogen) atoms. The first kappa shape index (κ1) is 25.9. The predicted octanol–water partition coefficient (Wildman–Crippen LogP) is 1.74. The molecular weight excluding hydrogens is 534 g/mol. The third-order valence-electron chi connectivity index (χ3n) is 10.2. The van der Waals surface area contributed by atoms with Gasteiger partial charge in [0.15, 0.2) is 0 Å². The monoisotopic (exact) mass is 569 g/mol. The Morgan fingerprint density at radius 2 is 2.00 bits per heavy atom. The molecular formula is C32H35N5O5. The van der Waals surface area contributed by atoms with E-state index in [-0.39, 0.29) is 30.2 Å². The molecule has 4 fully saturated rings. The summed E-state index contributed by atoms with van der Waals surface area (Å²) in [6.07, 6.45) is 5.07. The van der Waals surface area contributed by atoms with Crippen LogP contribution in [0.3, 0.4) is 0 Å². The highest BCUT2D eigenvalue weighted by Gasteiger charge is 2.70. The molecule has 10 nitrogen and oxygen atoms in total. The van der Waals surface area contributed by atoms with Crippen molar-refractivity contribution in [1.29, 1.82) is 0 Å². The fourth-order valence-electron chi connectivity index (χ4n) is 8.26. The van der Waals surface area contributed by atoms with Crippen molar-refractivity contribution in [1.82, 2.24) is 25.4 Å². The number of hydrogen-bond acceptors (Lipinski definition) is 6. The molecule has 0 bridgehead atoms. The zero-order chi connectivity index (χ0) is 28.8. The van der Waals surface area contributed by atoms with E-state index in [0.717, 1.165) is 17.5 Å². The van der Waals surface area contributed by atoms with Crippen LogP contribution in [0, 0.1) is 5.92 Å². The largest absolute Gasteiger partial charge is 0.361 e. The Kier molecular flexibility index (Phi) is 5.64. The summed E-state index contributed by atoms with van der Waals surface area (Å²) in [5.74, 6) is -3.36. The quantitative estimate of drug-likeness (QED) is 0.379. The molecule has 0 saturated carbocycles. The number of carbonyl (C=O) groups is 3. The minimum atomic E-state index is -2.03. The van der Waals surface area contributed by atoms with Crippen LogP contribution in [0.15, 0.2) is 54.7 Å². The van der Waals surface area contributed by atoms with Gasteiger partial charge in [-0.2, -0.15) is 0 Å². The number of rotatable bonds is 4. The summed E-state index contributed by atoms with van der Waals surface area (Å²) in [5, 5.41) is 19.7. The molecule has 0 unspecified atom stereocenters. The van der Waals surface area contributed by atoms with E-state index in [1.54, 1.807) is 4.90 Å². The van der Waals surface area contributed by atoms with E-state index in [2.05, 4.69) is 33.9 Å². The number of aromatic nitrogens is 1. The summed E-state index contributed by atoms with van der Waals surface area (Å²) in [5.41, 5.74) is 2.70. The Morgan fingerprint density at radius 3 is 2.83 bits per heavy atom. The molecule has 1 aromatic heterocycles. The summed E-state index contributed by atoms with van der Waals surface area (Å²) in [6, 6.07) is 14.3. The summed E-state index contributed by atoms with van der Waals surface area (Å²) < 4.78 is 6.22. The normalized spacial score (nSPS) is 35.2. The van der Waals surface area contributed by atoms with Crippen molar-refractivity contribution in [2.45, 2.75) is 74.7 Å². The van der Waals surface area contributed by atoms with E-state index in [9.17, 15) is 19.5 Å². The zero-order valence-electron chi connectivity index (χ0n) is 23.5. The number of aliphatic hydroxyl groups is 1. The van der Waals surface area contributed by atoms with Crippen molar-refractivity contribution in [3.63, 3.8) is 0 Å². The van der Waals surface area contributed by atoms with E-state index in [1.165, 1.54) is 28.3 Å². The molecule has 4 saturated heterocycles. The van der Waals surface area contributed by atoms with Crippen LogP contribution in [-0.2, 0) is 32.0 Å². The van der Waals surface area contributed by atoms with Gasteiger partial charge in [0, 0.05) is 48.6 Å². The average Bonchev–Trinajstić information content (AvgIpc) is 3.69. The van der Waals surface area contributed by atoms with Crippen LogP contribution in [0.25, 0.3) is 10.9 Å². The van der Waals surface area contributed by atoms with Gasteiger partial charge in [-0.25, -0.2) is 0 Å². The van der Waals surface area contributed by atoms with Crippen LogP contribution in [0.4, 0.5) is 0 Å². The Morgan fingerprint density at radius 1 is 1.17 bits per heavy atom. The number of nitrogens with one attached hydrogen (secondary N) is 3. The van der Waals surface area contributed by atoms with Crippen molar-refractivity contribution in [3.05, 3.63) is 71.4 Å². The second kappa shape index (κ2) is 9.13. The maximum absolute atomic E-state index is 14.1. The molecule has 1 aliphatic carbocycles. The number of fused-ring (bicyclic) bond motifs is 5. The van der Waals surface area contributed by atoms with E-state index >= 15 is 0 Å². The molecule has 7 atom stereocenters. The van der Waals surface area contributed by atoms with Crippen molar-refractivity contribution < 1.29 is 24.2 Å². The standard InChI is InChI=1S/C32H35N5O5/c1-31(35-28(38)20-14-22-21-9-5-10-23-27(21)19(16-33-23)15-24(22)34-17-20)30(40)37-25(13-18-7-3-2-4-8-18)29(39)36-12-6-11-26(36)32(37,41)42-31/h2-5,7-10,16,20,22,24-26,33-34,41H,6,11-15,17H2,1H3,(H,35,38)/t20-,22-,24-,25+,26+,31-,32+/m1/s1. The van der Waals surface area contributed by atoms with Gasteiger partial charge in [0.2, 0.25) is 17.5 Å². The molecule has 8 rings (SSSR count). The van der Waals surface area contributed by atoms with Gasteiger partial charge < -0.3 is 25.6 Å². The van der Waals surface area contributed by atoms with Gasteiger partial charge in [-0.05, 0) is 55.4 Å². The van der Waals surface area contributed by atoms with Crippen molar-refractivity contribution in [2.75, 3.05) is 13.1 Å². The third kappa shape index (κ3) is 3.64. The second-order valence-electron chi connectivity index (χ2n) is 12.7. The van der Waals surface area contributed by atoms with Gasteiger partial charge in [0.1, 0.15) is 12.1 Å². The molecule has 218 valence electrons. The lowest BCUT2D eigenvalue weighted by Gasteiger charge is -2.48. The lowest BCUT2D eigenvalue weighted by molar-refractivity contribution is -0.315. The minimum Gasteiger partial charge on any atom is -0.361 e. The lowest BCUT2D eigenvalue weighted by atomic mass is 9.73. The highest BCUT2D eigenvalue weighted by molar-refractivity contribution is 5.97. The van der Waals surface area contributed by atoms with Crippen LogP contribution in [0.5, 0.6) is 0 Å². The van der Waals surface area contributed by atoms with Gasteiger partial charge in [-0.15, -0.1) is 0 Å². The van der Waals surface area contributed by atoms with E-state index in [0.29, 0.717) is 32.4 Å². The number of amides is 3. The molecule has 5 heterocycles. The molecule has 10 heteroatoms. The van der Waals surface area contributed by atoms with Crippen LogP contribution >= 0.6 is 0 Å². The van der Waals surface area contributed by atoms with Gasteiger partial charge in [-0.3, -0.25) is 24.0 Å². The van der Waals surface area contributed by atoms with E-state index in [4.69, 9.17) is 4.74 Å².